The maximum Gasteiger partial charge on any atom is 0.338 e. The normalized spacial score (nSPS) is 12.4. The summed E-state index contributed by atoms with van der Waals surface area (Å²) in [5, 5.41) is 0. The SMILES string of the molecule is CC(C)C.CCOC(=O)c1ccc(C(NS)C(C)(C)C)cc1. The third-order valence-corrected chi connectivity index (χ3v) is 3.01. The van der Waals surface area contributed by atoms with E-state index < -0.39 is 0 Å². The lowest BCUT2D eigenvalue weighted by atomic mass is 9.83. The summed E-state index contributed by atoms with van der Waals surface area (Å²) in [6.45, 7) is 15.1. The van der Waals surface area contributed by atoms with E-state index in [4.69, 9.17) is 4.74 Å². The van der Waals surface area contributed by atoms with E-state index in [2.05, 4.69) is 59.1 Å². The highest BCUT2D eigenvalue weighted by Crippen LogP contribution is 2.33. The van der Waals surface area contributed by atoms with Gasteiger partial charge in [0.2, 0.25) is 0 Å². The van der Waals surface area contributed by atoms with Gasteiger partial charge in [0.25, 0.3) is 0 Å². The Bertz CT molecular complexity index is 433. The molecule has 4 heteroatoms. The van der Waals surface area contributed by atoms with E-state index in [1.54, 1.807) is 19.1 Å². The predicted molar refractivity (Wildman–Crippen MR) is 97.2 cm³/mol. The van der Waals surface area contributed by atoms with Gasteiger partial charge in [-0.05, 0) is 36.0 Å². The molecule has 3 nitrogen and oxygen atoms in total. The van der Waals surface area contributed by atoms with E-state index in [-0.39, 0.29) is 17.4 Å². The van der Waals surface area contributed by atoms with Crippen LogP contribution in [-0.2, 0) is 4.74 Å². The molecule has 22 heavy (non-hydrogen) atoms. The topological polar surface area (TPSA) is 38.3 Å². The van der Waals surface area contributed by atoms with Crippen molar-refractivity contribution in [2.75, 3.05) is 6.61 Å². The highest BCUT2D eigenvalue weighted by Gasteiger charge is 2.25. The maximum absolute atomic E-state index is 11.5. The average Bonchev–Trinajstić information content (AvgIpc) is 2.38. The monoisotopic (exact) mass is 325 g/mol. The number of rotatable bonds is 4. The zero-order chi connectivity index (χ0) is 17.3. The van der Waals surface area contributed by atoms with Crippen LogP contribution in [0.15, 0.2) is 24.3 Å². The molecule has 1 aromatic carbocycles. The second kappa shape index (κ2) is 9.90. The van der Waals surface area contributed by atoms with Crippen LogP contribution >= 0.6 is 12.8 Å². The van der Waals surface area contributed by atoms with Crippen LogP contribution in [-0.4, -0.2) is 12.6 Å². The Labute approximate surface area is 141 Å². The molecule has 0 aromatic heterocycles. The maximum atomic E-state index is 11.5. The number of hydrogen-bond acceptors (Lipinski definition) is 4. The number of carbonyl (C=O) groups excluding carboxylic acids is 1. The van der Waals surface area contributed by atoms with Crippen molar-refractivity contribution in [2.45, 2.75) is 54.5 Å². The molecule has 0 heterocycles. The van der Waals surface area contributed by atoms with Crippen LogP contribution in [0.4, 0.5) is 0 Å². The van der Waals surface area contributed by atoms with Crippen molar-refractivity contribution >= 4 is 18.8 Å². The minimum Gasteiger partial charge on any atom is -0.462 e. The molecule has 0 saturated carbocycles. The molecule has 0 aliphatic rings. The van der Waals surface area contributed by atoms with E-state index in [9.17, 15) is 4.79 Å². The van der Waals surface area contributed by atoms with Crippen LogP contribution < -0.4 is 4.72 Å². The smallest absolute Gasteiger partial charge is 0.338 e. The first-order valence-corrected chi connectivity index (χ1v) is 8.24. The van der Waals surface area contributed by atoms with Crippen molar-refractivity contribution < 1.29 is 9.53 Å². The number of ether oxygens (including phenoxy) is 1. The summed E-state index contributed by atoms with van der Waals surface area (Å²) >= 11 is 4.18. The number of nitrogens with one attached hydrogen (secondary N) is 1. The van der Waals surface area contributed by atoms with E-state index in [0.29, 0.717) is 12.2 Å². The molecule has 1 unspecified atom stereocenters. The Hall–Kier alpha value is -1.00. The largest absolute Gasteiger partial charge is 0.462 e. The van der Waals surface area contributed by atoms with Crippen molar-refractivity contribution in [1.82, 2.24) is 4.72 Å². The third-order valence-electron chi connectivity index (χ3n) is 2.75. The van der Waals surface area contributed by atoms with Gasteiger partial charge in [-0.25, -0.2) is 4.79 Å². The molecule has 0 aliphatic carbocycles. The second-order valence-corrected chi connectivity index (χ2v) is 7.26. The van der Waals surface area contributed by atoms with E-state index in [0.717, 1.165) is 11.5 Å². The Morgan fingerprint density at radius 3 is 1.95 bits per heavy atom. The highest BCUT2D eigenvalue weighted by atomic mass is 32.1. The minimum atomic E-state index is -0.282. The van der Waals surface area contributed by atoms with Gasteiger partial charge >= 0.3 is 5.97 Å². The molecule has 126 valence electrons. The summed E-state index contributed by atoms with van der Waals surface area (Å²) in [7, 11) is 0. The summed E-state index contributed by atoms with van der Waals surface area (Å²) < 4.78 is 7.96. The Balaban J connectivity index is 0.000000980. The predicted octanol–water partition coefficient (Wildman–Crippen LogP) is 5.05. The molecule has 0 fully saturated rings. The van der Waals surface area contributed by atoms with Crippen LogP contribution in [0.2, 0.25) is 0 Å². The van der Waals surface area contributed by atoms with Crippen molar-refractivity contribution in [1.29, 1.82) is 0 Å². The summed E-state index contributed by atoms with van der Waals surface area (Å²) in [6.07, 6.45) is 0. The first kappa shape index (κ1) is 21.0. The van der Waals surface area contributed by atoms with Gasteiger partial charge in [0.1, 0.15) is 0 Å². The molecule has 0 aliphatic heterocycles. The second-order valence-electron chi connectivity index (χ2n) is 7.00. The van der Waals surface area contributed by atoms with Crippen molar-refractivity contribution in [3.63, 3.8) is 0 Å². The molecule has 1 N–H and O–H groups in total. The molecule has 0 spiro atoms. The molecule has 1 rings (SSSR count). The number of esters is 1. The van der Waals surface area contributed by atoms with Crippen LogP contribution in [0.1, 0.15) is 70.4 Å². The fourth-order valence-corrected chi connectivity index (χ4v) is 2.33. The summed E-state index contributed by atoms with van der Waals surface area (Å²) in [5.74, 6) is 0.551. The van der Waals surface area contributed by atoms with Gasteiger partial charge < -0.3 is 4.74 Å². The molecule has 0 bridgehead atoms. The van der Waals surface area contributed by atoms with E-state index >= 15 is 0 Å². The number of hydrogen-bond donors (Lipinski definition) is 2. The van der Waals surface area contributed by atoms with Crippen LogP contribution in [0.25, 0.3) is 0 Å². The van der Waals surface area contributed by atoms with Gasteiger partial charge in [-0.15, -0.1) is 0 Å². The van der Waals surface area contributed by atoms with Crippen molar-refractivity contribution in [3.8, 4) is 0 Å². The lowest BCUT2D eigenvalue weighted by Crippen LogP contribution is -2.26. The fourth-order valence-electron chi connectivity index (χ4n) is 1.79. The molecule has 0 radical (unpaired) electrons. The quantitative estimate of drug-likeness (QED) is 0.601. The van der Waals surface area contributed by atoms with Gasteiger partial charge in [-0.2, -0.15) is 0 Å². The lowest BCUT2D eigenvalue weighted by molar-refractivity contribution is 0.0526. The van der Waals surface area contributed by atoms with Crippen molar-refractivity contribution in [3.05, 3.63) is 35.4 Å². The van der Waals surface area contributed by atoms with E-state index in [1.165, 1.54) is 0 Å². The highest BCUT2D eigenvalue weighted by molar-refractivity contribution is 7.78. The number of carbonyl (C=O) groups is 1. The van der Waals surface area contributed by atoms with Crippen LogP contribution in [0.5, 0.6) is 0 Å². The Morgan fingerprint density at radius 1 is 1.18 bits per heavy atom. The first-order chi connectivity index (χ1) is 10.1. The average molecular weight is 326 g/mol. The molecule has 1 aromatic rings. The summed E-state index contributed by atoms with van der Waals surface area (Å²) in [5.41, 5.74) is 1.73. The minimum absolute atomic E-state index is 0.0488. The fraction of sp³-hybridized carbons (Fsp3) is 0.611. The van der Waals surface area contributed by atoms with Crippen LogP contribution in [0, 0.1) is 11.3 Å². The van der Waals surface area contributed by atoms with Gasteiger partial charge in [-0.1, -0.05) is 66.5 Å². The van der Waals surface area contributed by atoms with Crippen molar-refractivity contribution in [2.24, 2.45) is 11.3 Å². The zero-order valence-electron chi connectivity index (χ0n) is 14.9. The molecule has 0 saturated heterocycles. The number of thiol groups is 1. The molecular formula is C18H31NO2S. The zero-order valence-corrected chi connectivity index (χ0v) is 15.8. The molecular weight excluding hydrogens is 294 g/mol. The summed E-state index contributed by atoms with van der Waals surface area (Å²) in [4.78, 5) is 11.5. The van der Waals surface area contributed by atoms with Gasteiger partial charge in [0.05, 0.1) is 12.2 Å². The molecule has 1 atom stereocenters. The van der Waals surface area contributed by atoms with Gasteiger partial charge in [-0.3, -0.25) is 4.72 Å². The van der Waals surface area contributed by atoms with E-state index in [1.807, 2.05) is 12.1 Å². The first-order valence-electron chi connectivity index (χ1n) is 7.80. The third kappa shape index (κ3) is 7.85. The van der Waals surface area contributed by atoms with Gasteiger partial charge in [0.15, 0.2) is 0 Å². The lowest BCUT2D eigenvalue weighted by Gasteiger charge is -2.30. The summed E-state index contributed by atoms with van der Waals surface area (Å²) in [6, 6.07) is 7.57. The standard InChI is InChI=1S/C14H21NO2S.C4H10/c1-5-17-13(16)11-8-6-10(7-9-11)12(15-18)14(2,3)4;1-4(2)3/h6-9,12,15,18H,5H2,1-4H3;4H,1-3H3. The molecule has 0 amide bonds. The van der Waals surface area contributed by atoms with Gasteiger partial charge in [0, 0.05) is 6.04 Å². The van der Waals surface area contributed by atoms with Crippen LogP contribution in [0.3, 0.4) is 0 Å². The number of benzene rings is 1. The Morgan fingerprint density at radius 2 is 1.64 bits per heavy atom. The Kier molecular flexibility index (Phi) is 9.45.